The summed E-state index contributed by atoms with van der Waals surface area (Å²) in [6.45, 7) is 0.512. The van der Waals surface area contributed by atoms with Crippen LogP contribution < -0.4 is 20.1 Å². The third kappa shape index (κ3) is 4.01. The molecule has 2 heterocycles. The molecule has 0 atom stereocenters. The zero-order valence-electron chi connectivity index (χ0n) is 14.8. The maximum Gasteiger partial charge on any atom is 0.271 e. The number of amides is 1. The predicted octanol–water partition coefficient (Wildman–Crippen LogP) is 3.06. The van der Waals surface area contributed by atoms with Gasteiger partial charge in [-0.05, 0) is 30.2 Å². The van der Waals surface area contributed by atoms with Crippen LogP contribution in [0.1, 0.15) is 16.1 Å². The second-order valence-corrected chi connectivity index (χ2v) is 6.08. The minimum Gasteiger partial charge on any atom is -0.454 e. The Morgan fingerprint density at radius 3 is 2.75 bits per heavy atom. The van der Waals surface area contributed by atoms with E-state index < -0.39 is 0 Å². The molecule has 0 radical (unpaired) electrons. The maximum atomic E-state index is 13.6. The number of aromatic nitrogens is 2. The number of nitrogens with one attached hydrogen (secondary N) is 2. The van der Waals surface area contributed by atoms with Crippen molar-refractivity contribution in [3.8, 4) is 11.5 Å². The number of ether oxygens (including phenoxy) is 2. The van der Waals surface area contributed by atoms with Gasteiger partial charge in [-0.15, -0.1) is 0 Å². The lowest BCUT2D eigenvalue weighted by Crippen LogP contribution is -2.26. The Morgan fingerprint density at radius 1 is 1.07 bits per heavy atom. The average molecular weight is 380 g/mol. The molecular weight excluding hydrogens is 363 g/mol. The lowest BCUT2D eigenvalue weighted by atomic mass is 10.1. The van der Waals surface area contributed by atoms with Crippen LogP contribution in [-0.2, 0) is 6.42 Å². The topological polar surface area (TPSA) is 85.4 Å². The smallest absolute Gasteiger partial charge is 0.271 e. The number of fused-ring (bicyclic) bond motifs is 1. The van der Waals surface area contributed by atoms with Gasteiger partial charge in [0.25, 0.3) is 5.91 Å². The molecule has 142 valence electrons. The highest BCUT2D eigenvalue weighted by Crippen LogP contribution is 2.34. The Morgan fingerprint density at radius 2 is 1.93 bits per heavy atom. The van der Waals surface area contributed by atoms with Crippen molar-refractivity contribution in [2.24, 2.45) is 0 Å². The molecule has 7 nitrogen and oxygen atoms in total. The summed E-state index contributed by atoms with van der Waals surface area (Å²) >= 11 is 0. The molecule has 2 aromatic carbocycles. The first-order chi connectivity index (χ1) is 13.7. The summed E-state index contributed by atoms with van der Waals surface area (Å²) in [6.07, 6.45) is 3.25. The normalized spacial score (nSPS) is 11.9. The lowest BCUT2D eigenvalue weighted by Gasteiger charge is -2.08. The van der Waals surface area contributed by atoms with Crippen LogP contribution in [0.15, 0.2) is 54.9 Å². The van der Waals surface area contributed by atoms with Gasteiger partial charge in [-0.25, -0.2) is 14.4 Å². The van der Waals surface area contributed by atoms with Crippen molar-refractivity contribution in [2.45, 2.75) is 6.42 Å². The summed E-state index contributed by atoms with van der Waals surface area (Å²) in [4.78, 5) is 20.5. The highest BCUT2D eigenvalue weighted by Gasteiger charge is 2.14. The molecule has 3 aromatic rings. The van der Waals surface area contributed by atoms with Gasteiger partial charge in [0.15, 0.2) is 11.5 Å². The summed E-state index contributed by atoms with van der Waals surface area (Å²) in [5.41, 5.74) is 1.50. The van der Waals surface area contributed by atoms with Crippen LogP contribution in [0, 0.1) is 5.82 Å². The molecular formula is C20H17FN4O3. The molecule has 2 N–H and O–H groups in total. The van der Waals surface area contributed by atoms with Gasteiger partial charge in [0.1, 0.15) is 17.3 Å². The fourth-order valence-corrected chi connectivity index (χ4v) is 2.73. The van der Waals surface area contributed by atoms with E-state index in [-0.39, 0.29) is 24.2 Å². The van der Waals surface area contributed by atoms with Crippen molar-refractivity contribution in [1.29, 1.82) is 0 Å². The Balaban J connectivity index is 1.32. The van der Waals surface area contributed by atoms with E-state index in [0.29, 0.717) is 35.8 Å². The Labute approximate surface area is 160 Å². The van der Waals surface area contributed by atoms with Gasteiger partial charge in [0, 0.05) is 18.3 Å². The monoisotopic (exact) mass is 380 g/mol. The fourth-order valence-electron chi connectivity index (χ4n) is 2.73. The molecule has 0 fully saturated rings. The van der Waals surface area contributed by atoms with E-state index in [2.05, 4.69) is 20.6 Å². The van der Waals surface area contributed by atoms with Crippen LogP contribution in [0.3, 0.4) is 0 Å². The highest BCUT2D eigenvalue weighted by molar-refractivity contribution is 5.92. The molecule has 0 spiro atoms. The summed E-state index contributed by atoms with van der Waals surface area (Å²) in [7, 11) is 0. The Bertz CT molecular complexity index is 995. The number of benzene rings is 2. The first-order valence-corrected chi connectivity index (χ1v) is 8.69. The molecule has 1 aliphatic heterocycles. The predicted molar refractivity (Wildman–Crippen MR) is 100 cm³/mol. The molecule has 1 aromatic heterocycles. The summed E-state index contributed by atoms with van der Waals surface area (Å²) in [6, 6.07) is 11.9. The first kappa shape index (κ1) is 17.7. The number of carbonyl (C=O) groups excluding carboxylic acids is 1. The average Bonchev–Trinajstić information content (AvgIpc) is 3.18. The van der Waals surface area contributed by atoms with Crippen LogP contribution >= 0.6 is 0 Å². The van der Waals surface area contributed by atoms with Gasteiger partial charge in [-0.2, -0.15) is 0 Å². The molecule has 0 saturated carbocycles. The minimum absolute atomic E-state index is 0.185. The zero-order valence-corrected chi connectivity index (χ0v) is 14.8. The van der Waals surface area contributed by atoms with Gasteiger partial charge in [-0.1, -0.05) is 18.2 Å². The lowest BCUT2D eigenvalue weighted by molar-refractivity contribution is 0.0948. The number of hydrogen-bond donors (Lipinski definition) is 2. The molecule has 0 saturated heterocycles. The Hall–Kier alpha value is -3.68. The molecule has 4 rings (SSSR count). The number of carbonyl (C=O) groups is 1. The van der Waals surface area contributed by atoms with Crippen LogP contribution in [0.25, 0.3) is 0 Å². The molecule has 1 aliphatic rings. The number of anilines is 2. The third-order valence-electron chi connectivity index (χ3n) is 4.17. The molecule has 0 aliphatic carbocycles. The fraction of sp³-hybridized carbons (Fsp3) is 0.150. The van der Waals surface area contributed by atoms with Gasteiger partial charge in [-0.3, -0.25) is 4.79 Å². The van der Waals surface area contributed by atoms with E-state index in [0.717, 1.165) is 5.69 Å². The van der Waals surface area contributed by atoms with Crippen molar-refractivity contribution in [3.05, 3.63) is 71.9 Å². The van der Waals surface area contributed by atoms with E-state index in [1.807, 2.05) is 6.07 Å². The molecule has 1 amide bonds. The number of hydrogen-bond acceptors (Lipinski definition) is 6. The molecule has 8 heteroatoms. The minimum atomic E-state index is -0.363. The molecule has 0 unspecified atom stereocenters. The number of halogens is 1. The van der Waals surface area contributed by atoms with Crippen LogP contribution in [0.4, 0.5) is 15.9 Å². The van der Waals surface area contributed by atoms with Crippen LogP contribution in [0.5, 0.6) is 11.5 Å². The van der Waals surface area contributed by atoms with Gasteiger partial charge in [0.05, 0.1) is 12.4 Å². The van der Waals surface area contributed by atoms with Crippen molar-refractivity contribution in [2.75, 3.05) is 18.7 Å². The van der Waals surface area contributed by atoms with Gasteiger partial charge in [0.2, 0.25) is 6.79 Å². The second kappa shape index (κ2) is 7.91. The van der Waals surface area contributed by atoms with Crippen molar-refractivity contribution in [3.63, 3.8) is 0 Å². The van der Waals surface area contributed by atoms with Crippen LogP contribution in [-0.4, -0.2) is 29.2 Å². The summed E-state index contributed by atoms with van der Waals surface area (Å²) in [5, 5.41) is 5.80. The van der Waals surface area contributed by atoms with Gasteiger partial charge >= 0.3 is 0 Å². The highest BCUT2D eigenvalue weighted by atomic mass is 19.1. The van der Waals surface area contributed by atoms with Crippen molar-refractivity contribution < 1.29 is 18.7 Å². The standard InChI is InChI=1S/C20H17FN4O3/c21-15-4-2-1-3-13(15)7-8-22-20(26)16-10-24-19(11-23-16)25-14-5-6-17-18(9-14)28-12-27-17/h1-6,9-11H,7-8,12H2,(H,22,26)(H,24,25). The van der Waals surface area contributed by atoms with Crippen molar-refractivity contribution in [1.82, 2.24) is 15.3 Å². The third-order valence-corrected chi connectivity index (χ3v) is 4.17. The summed E-state index contributed by atoms with van der Waals surface area (Å²) in [5.74, 6) is 1.19. The number of nitrogens with zero attached hydrogens (tertiary/aromatic N) is 2. The quantitative estimate of drug-likeness (QED) is 0.684. The molecule has 28 heavy (non-hydrogen) atoms. The van der Waals surface area contributed by atoms with E-state index in [1.54, 1.807) is 30.3 Å². The summed E-state index contributed by atoms with van der Waals surface area (Å²) < 4.78 is 24.2. The van der Waals surface area contributed by atoms with Crippen LogP contribution in [0.2, 0.25) is 0 Å². The molecule has 0 bridgehead atoms. The first-order valence-electron chi connectivity index (χ1n) is 8.69. The van der Waals surface area contributed by atoms with E-state index in [9.17, 15) is 9.18 Å². The van der Waals surface area contributed by atoms with Crippen molar-refractivity contribution >= 4 is 17.4 Å². The SMILES string of the molecule is O=C(NCCc1ccccc1F)c1cnc(Nc2ccc3c(c2)OCO3)cn1. The maximum absolute atomic E-state index is 13.6. The zero-order chi connectivity index (χ0) is 19.3. The van der Waals surface area contributed by atoms with E-state index >= 15 is 0 Å². The largest absolute Gasteiger partial charge is 0.454 e. The Kier molecular flexibility index (Phi) is 5.01. The van der Waals surface area contributed by atoms with E-state index in [4.69, 9.17) is 9.47 Å². The van der Waals surface area contributed by atoms with Gasteiger partial charge < -0.3 is 20.1 Å². The second-order valence-electron chi connectivity index (χ2n) is 6.08. The van der Waals surface area contributed by atoms with E-state index in [1.165, 1.54) is 18.5 Å². The number of rotatable bonds is 6.